The van der Waals surface area contributed by atoms with Crippen molar-refractivity contribution in [3.63, 3.8) is 0 Å². The molecule has 12 rings (SSSR count). The second-order valence-corrected chi connectivity index (χ2v) is 13.7. The van der Waals surface area contributed by atoms with Crippen LogP contribution in [0.1, 0.15) is 41.5 Å². The number of rotatable bonds is 0. The van der Waals surface area contributed by atoms with Gasteiger partial charge in [0.1, 0.15) is 10.5 Å². The monoisotopic (exact) mass is 705 g/mol. The molecule has 256 valence electrons. The first-order chi connectivity index (χ1) is 25.4. The quantitative estimate of drug-likeness (QED) is 0.0730. The first kappa shape index (κ1) is 31.8. The van der Waals surface area contributed by atoms with E-state index in [4.69, 9.17) is 9.17 Å². The molecule has 1 N–H and O–H groups in total. The Morgan fingerprint density at radius 2 is 1.29 bits per heavy atom. The number of H-pyrrole nitrogens is 1. The number of hydrogen-bond acceptors (Lipinski definition) is 6. The molecule has 3 aliphatic rings. The van der Waals surface area contributed by atoms with E-state index in [1.165, 1.54) is 0 Å². The predicted octanol–water partition coefficient (Wildman–Crippen LogP) is 8.80. The third kappa shape index (κ3) is 3.64. The highest BCUT2D eigenvalue weighted by Crippen LogP contribution is 2.53. The summed E-state index contributed by atoms with van der Waals surface area (Å²) in [5, 5.41) is 7.78. The Morgan fingerprint density at radius 1 is 0.654 bits per heavy atom. The van der Waals surface area contributed by atoms with Crippen molar-refractivity contribution < 1.29 is 17.2 Å². The minimum atomic E-state index is -4.30. The number of pyridine rings is 2. The van der Waals surface area contributed by atoms with Gasteiger partial charge in [-0.3, -0.25) is 9.20 Å². The summed E-state index contributed by atoms with van der Waals surface area (Å²) in [7, 11) is -4.30. The van der Waals surface area contributed by atoms with Gasteiger partial charge in [-0.05, 0) is 64.3 Å². The molecule has 0 amide bonds. The van der Waals surface area contributed by atoms with Gasteiger partial charge in [0.2, 0.25) is 5.52 Å². The zero-order chi connectivity index (χ0) is 36.4. The molecule has 2 aromatic heterocycles. The number of nitrogens with one attached hydrogen (secondary N) is 1. The molecule has 0 unspecified atom stereocenters. The molecule has 7 aromatic carbocycles. The van der Waals surface area contributed by atoms with Gasteiger partial charge in [0.15, 0.2) is 11.3 Å². The molecule has 0 bridgehead atoms. The molecule has 5 heterocycles. The second-order valence-electron chi connectivity index (χ2n) is 12.1. The Hall–Kier alpha value is -6.13. The Labute approximate surface area is 296 Å². The Kier molecular flexibility index (Phi) is 6.69. The van der Waals surface area contributed by atoms with Crippen LogP contribution < -0.4 is 19.9 Å². The number of aromatic nitrogens is 4. The van der Waals surface area contributed by atoms with E-state index in [2.05, 4.69) is 4.98 Å². The lowest BCUT2D eigenvalue weighted by molar-refractivity contribution is -0.580. The molecule has 9 nitrogen and oxygen atoms in total. The van der Waals surface area contributed by atoms with Gasteiger partial charge < -0.3 is 9.17 Å². The van der Waals surface area contributed by atoms with Crippen molar-refractivity contribution in [3.8, 4) is 11.6 Å². The smallest absolute Gasteiger partial charge is 0.347 e. The van der Waals surface area contributed by atoms with Crippen molar-refractivity contribution in [2.45, 2.75) is 46.4 Å². The van der Waals surface area contributed by atoms with Crippen LogP contribution in [0, 0.1) is 0 Å². The summed E-state index contributed by atoms with van der Waals surface area (Å²) in [6.45, 7) is 12.0. The third-order valence-corrected chi connectivity index (χ3v) is 11.3. The van der Waals surface area contributed by atoms with Gasteiger partial charge in [-0.1, -0.05) is 77.9 Å². The molecule has 0 radical (unpaired) electrons. The molecule has 0 atom stereocenters. The summed E-state index contributed by atoms with van der Waals surface area (Å²) in [5.74, 6) is 0.582. The van der Waals surface area contributed by atoms with Crippen molar-refractivity contribution in [1.29, 1.82) is 0 Å². The average molecular weight is 706 g/mol. The second kappa shape index (κ2) is 10.9. The van der Waals surface area contributed by atoms with Crippen LogP contribution in [0.4, 0.5) is 0 Å². The molecule has 0 saturated heterocycles. The van der Waals surface area contributed by atoms with E-state index in [1.54, 1.807) is 21.1 Å². The highest BCUT2D eigenvalue weighted by atomic mass is 32.2. The van der Waals surface area contributed by atoms with Crippen molar-refractivity contribution in [2.75, 3.05) is 0 Å². The van der Waals surface area contributed by atoms with Crippen LogP contribution >= 0.6 is 0 Å². The maximum Gasteiger partial charge on any atom is 0.347 e. The number of nitrogens with zero attached hydrogens (tertiary/aromatic N) is 3. The molecule has 9 aromatic rings. The molecule has 52 heavy (non-hydrogen) atoms. The summed E-state index contributed by atoms with van der Waals surface area (Å²) >= 11 is 0. The minimum absolute atomic E-state index is 0.0167. The number of para-hydroxylation sites is 4. The van der Waals surface area contributed by atoms with Gasteiger partial charge in [-0.15, -0.1) is 4.57 Å². The van der Waals surface area contributed by atoms with E-state index in [0.29, 0.717) is 65.6 Å². The van der Waals surface area contributed by atoms with Gasteiger partial charge in [0.05, 0.1) is 21.8 Å². The van der Waals surface area contributed by atoms with Gasteiger partial charge in [0.25, 0.3) is 5.56 Å². The average Bonchev–Trinajstić information content (AvgIpc) is 3.78. The van der Waals surface area contributed by atoms with Crippen molar-refractivity contribution in [3.05, 3.63) is 106 Å². The standard InChI is InChI=1S/C36H14N4O5S.3C2H6/c41-35-17-11-9-15-16-10-12-18-28-20(34-38-22-6-2-4-8-24(22)40(34)36(18)42)14-26-32(30(16)28)31-25(45-46(26,43)44)13-19(27(17)29(15)31)33-37-21-5-1-3-7-23(21)39(33)35;3*1-2/h1-14H;3*1-2H3/p+1. The molecule has 3 aliphatic heterocycles. The number of fused-ring (bicyclic) bond motifs is 9. The predicted molar refractivity (Wildman–Crippen MR) is 210 cm³/mol. The van der Waals surface area contributed by atoms with E-state index in [9.17, 15) is 18.0 Å². The van der Waals surface area contributed by atoms with Crippen LogP contribution in [0.2, 0.25) is 0 Å². The molecular weight excluding hydrogens is 673 g/mol. The Morgan fingerprint density at radius 3 is 2.06 bits per heavy atom. The van der Waals surface area contributed by atoms with E-state index in [1.807, 2.05) is 114 Å². The fourth-order valence-corrected chi connectivity index (χ4v) is 9.48. The summed E-state index contributed by atoms with van der Waals surface area (Å²) in [5.41, 5.74) is 2.98. The zero-order valence-corrected chi connectivity index (χ0v) is 30.2. The van der Waals surface area contributed by atoms with E-state index < -0.39 is 10.1 Å². The van der Waals surface area contributed by atoms with E-state index in [-0.39, 0.29) is 21.8 Å². The third-order valence-electron chi connectivity index (χ3n) is 10.0. The number of benzene rings is 7. The summed E-state index contributed by atoms with van der Waals surface area (Å²) in [4.78, 5) is 36.5. The normalized spacial score (nSPS) is 13.4. The van der Waals surface area contributed by atoms with Crippen molar-refractivity contribution >= 4 is 102 Å². The highest BCUT2D eigenvalue weighted by molar-refractivity contribution is 7.87. The van der Waals surface area contributed by atoms with Gasteiger partial charge in [0, 0.05) is 43.1 Å². The lowest BCUT2D eigenvalue weighted by Gasteiger charge is -2.25. The number of aromatic amines is 1. The van der Waals surface area contributed by atoms with Gasteiger partial charge in [-0.25, -0.2) is 4.79 Å². The molecule has 0 fully saturated rings. The molecule has 0 spiro atoms. The first-order valence-electron chi connectivity index (χ1n) is 17.7. The maximum absolute atomic E-state index is 14.1. The van der Waals surface area contributed by atoms with Crippen LogP contribution in [0.25, 0.3) is 98.2 Å². The minimum Gasteiger partial charge on any atom is -0.378 e. The lowest BCUT2D eigenvalue weighted by atomic mass is 9.85. The van der Waals surface area contributed by atoms with Gasteiger partial charge in [-0.2, -0.15) is 8.42 Å². The fourth-order valence-electron chi connectivity index (χ4n) is 8.30. The molecule has 0 aliphatic carbocycles. The number of imidazole rings is 2. The summed E-state index contributed by atoms with van der Waals surface area (Å²) in [6.07, 6.45) is 0. The van der Waals surface area contributed by atoms with Crippen LogP contribution in [-0.2, 0) is 10.1 Å². The summed E-state index contributed by atoms with van der Waals surface area (Å²) < 4.78 is 37.3. The lowest BCUT2D eigenvalue weighted by Crippen LogP contribution is -2.47. The van der Waals surface area contributed by atoms with Crippen LogP contribution in [-0.4, -0.2) is 22.8 Å². The van der Waals surface area contributed by atoms with Crippen LogP contribution in [0.5, 0.6) is 5.75 Å². The van der Waals surface area contributed by atoms with E-state index >= 15 is 0 Å². The largest absolute Gasteiger partial charge is 0.378 e. The van der Waals surface area contributed by atoms with E-state index in [0.717, 1.165) is 32.6 Å². The summed E-state index contributed by atoms with van der Waals surface area (Å²) in [6, 6.07) is 25.7. The fraction of sp³-hybridized carbons (Fsp3) is 0.143. The maximum atomic E-state index is 14.1. The molecule has 10 heteroatoms. The topological polar surface area (TPSA) is 114 Å². The van der Waals surface area contributed by atoms with Crippen LogP contribution in [0.15, 0.2) is 99.4 Å². The van der Waals surface area contributed by atoms with Gasteiger partial charge >= 0.3 is 21.5 Å². The molecule has 0 saturated carbocycles. The Bertz CT molecular complexity index is 3460. The highest BCUT2D eigenvalue weighted by Gasteiger charge is 2.37. The Balaban J connectivity index is 0.000000574. The van der Waals surface area contributed by atoms with Crippen molar-refractivity contribution in [1.82, 2.24) is 14.4 Å². The molecular formula is C42H33N4O5S+. The van der Waals surface area contributed by atoms with Crippen molar-refractivity contribution in [2.24, 2.45) is 0 Å². The SMILES string of the molecule is CC.CC.CC.O=c1c2ccc3c4ccc5c(=O)[n+]6c7ccccc7nc-6c6cc7c(c8c(cc(c2c38)c2[nH]c3ccccc3n12)OS7(=O)=O)c4c65. The number of hydrogen-bond donors (Lipinski definition) is 1. The first-order valence-corrected chi connectivity index (χ1v) is 19.1. The van der Waals surface area contributed by atoms with Crippen LogP contribution in [0.3, 0.4) is 0 Å². The zero-order valence-electron chi connectivity index (χ0n) is 29.4.